The van der Waals surface area contributed by atoms with Crippen molar-refractivity contribution >= 4 is 0 Å². The summed E-state index contributed by atoms with van der Waals surface area (Å²) in [5.74, 6) is 0.879. The first kappa shape index (κ1) is 12.5. The summed E-state index contributed by atoms with van der Waals surface area (Å²) in [5.41, 5.74) is 3.07. The number of benzene rings is 1. The van der Waals surface area contributed by atoms with Gasteiger partial charge in [-0.1, -0.05) is 12.1 Å². The van der Waals surface area contributed by atoms with Gasteiger partial charge in [-0.25, -0.2) is 0 Å². The van der Waals surface area contributed by atoms with Crippen LogP contribution in [0.3, 0.4) is 0 Å². The Labute approximate surface area is 107 Å². The molecule has 4 heteroatoms. The van der Waals surface area contributed by atoms with E-state index in [2.05, 4.69) is 21.4 Å². The SMILES string of the molecule is COc1cccc(CNCc2cnc(C)cn2)c1. The molecule has 0 saturated heterocycles. The van der Waals surface area contributed by atoms with Crippen LogP contribution in [0, 0.1) is 6.92 Å². The molecule has 4 nitrogen and oxygen atoms in total. The van der Waals surface area contributed by atoms with Crippen LogP contribution in [0.5, 0.6) is 5.75 Å². The number of hydrogen-bond donors (Lipinski definition) is 1. The third-order valence-corrected chi connectivity index (χ3v) is 2.60. The van der Waals surface area contributed by atoms with Gasteiger partial charge < -0.3 is 10.1 Å². The molecule has 0 aliphatic carbocycles. The molecule has 2 aromatic rings. The first-order chi connectivity index (χ1) is 8.78. The average Bonchev–Trinajstić information content (AvgIpc) is 2.41. The van der Waals surface area contributed by atoms with Crippen molar-refractivity contribution in [3.05, 3.63) is 53.6 Å². The molecule has 0 saturated carbocycles. The molecule has 0 aliphatic heterocycles. The Kier molecular flexibility index (Phi) is 4.25. The predicted octanol–water partition coefficient (Wildman–Crippen LogP) is 2.08. The number of methoxy groups -OCH3 is 1. The highest BCUT2D eigenvalue weighted by atomic mass is 16.5. The Balaban J connectivity index is 1.86. The molecule has 2 rings (SSSR count). The van der Waals surface area contributed by atoms with Gasteiger partial charge in [0.15, 0.2) is 0 Å². The van der Waals surface area contributed by atoms with Gasteiger partial charge >= 0.3 is 0 Å². The summed E-state index contributed by atoms with van der Waals surface area (Å²) in [5, 5.41) is 3.33. The highest BCUT2D eigenvalue weighted by Gasteiger charge is 1.97. The molecule has 0 atom stereocenters. The molecule has 1 aromatic heterocycles. The van der Waals surface area contributed by atoms with Crippen LogP contribution in [0.4, 0.5) is 0 Å². The van der Waals surface area contributed by atoms with E-state index in [-0.39, 0.29) is 0 Å². The minimum absolute atomic E-state index is 0.713. The third kappa shape index (κ3) is 3.53. The summed E-state index contributed by atoms with van der Waals surface area (Å²) < 4.78 is 5.18. The Bertz CT molecular complexity index is 497. The Morgan fingerprint density at radius 3 is 2.78 bits per heavy atom. The van der Waals surface area contributed by atoms with Crippen LogP contribution in [0.25, 0.3) is 0 Å². The molecule has 1 heterocycles. The molecule has 0 radical (unpaired) electrons. The van der Waals surface area contributed by atoms with Crippen LogP contribution < -0.4 is 10.1 Å². The fourth-order valence-electron chi connectivity index (χ4n) is 1.63. The fraction of sp³-hybridized carbons (Fsp3) is 0.286. The lowest BCUT2D eigenvalue weighted by Crippen LogP contribution is -2.14. The van der Waals surface area contributed by atoms with E-state index in [1.165, 1.54) is 5.56 Å². The molecular formula is C14H17N3O. The number of aromatic nitrogens is 2. The van der Waals surface area contributed by atoms with Crippen molar-refractivity contribution < 1.29 is 4.74 Å². The standard InChI is InChI=1S/C14H17N3O/c1-11-7-17-13(10-16-11)9-15-8-12-4-3-5-14(6-12)18-2/h3-7,10,15H,8-9H2,1-2H3. The third-order valence-electron chi connectivity index (χ3n) is 2.60. The summed E-state index contributed by atoms with van der Waals surface area (Å²) in [6.07, 6.45) is 3.58. The van der Waals surface area contributed by atoms with Crippen molar-refractivity contribution in [2.45, 2.75) is 20.0 Å². The van der Waals surface area contributed by atoms with Crippen molar-refractivity contribution in [1.82, 2.24) is 15.3 Å². The van der Waals surface area contributed by atoms with E-state index >= 15 is 0 Å². The quantitative estimate of drug-likeness (QED) is 0.873. The minimum atomic E-state index is 0.713. The summed E-state index contributed by atoms with van der Waals surface area (Å²) >= 11 is 0. The van der Waals surface area contributed by atoms with Crippen molar-refractivity contribution in [2.24, 2.45) is 0 Å². The molecule has 0 aliphatic rings. The van der Waals surface area contributed by atoms with Crippen LogP contribution in [-0.2, 0) is 13.1 Å². The normalized spacial score (nSPS) is 10.3. The van der Waals surface area contributed by atoms with Gasteiger partial charge in [-0.3, -0.25) is 9.97 Å². The molecule has 94 valence electrons. The van der Waals surface area contributed by atoms with Crippen LogP contribution in [-0.4, -0.2) is 17.1 Å². The van der Waals surface area contributed by atoms with E-state index in [9.17, 15) is 0 Å². The molecule has 1 aromatic carbocycles. The highest BCUT2D eigenvalue weighted by molar-refractivity contribution is 5.28. The molecular weight excluding hydrogens is 226 g/mol. The average molecular weight is 243 g/mol. The van der Waals surface area contributed by atoms with E-state index < -0.39 is 0 Å². The van der Waals surface area contributed by atoms with Crippen LogP contribution in [0.1, 0.15) is 17.0 Å². The van der Waals surface area contributed by atoms with E-state index in [1.807, 2.05) is 25.1 Å². The molecule has 0 unspecified atom stereocenters. The zero-order chi connectivity index (χ0) is 12.8. The molecule has 0 bridgehead atoms. The van der Waals surface area contributed by atoms with Gasteiger partial charge in [0, 0.05) is 25.5 Å². The number of aryl methyl sites for hydroxylation is 1. The van der Waals surface area contributed by atoms with E-state index in [0.717, 1.165) is 23.7 Å². The van der Waals surface area contributed by atoms with Gasteiger partial charge in [0.25, 0.3) is 0 Å². The molecule has 1 N–H and O–H groups in total. The van der Waals surface area contributed by atoms with Gasteiger partial charge in [0.1, 0.15) is 5.75 Å². The minimum Gasteiger partial charge on any atom is -0.497 e. The first-order valence-electron chi connectivity index (χ1n) is 5.89. The largest absolute Gasteiger partial charge is 0.497 e. The zero-order valence-electron chi connectivity index (χ0n) is 10.7. The van der Waals surface area contributed by atoms with Gasteiger partial charge in [-0.05, 0) is 24.6 Å². The van der Waals surface area contributed by atoms with E-state index in [1.54, 1.807) is 19.5 Å². The van der Waals surface area contributed by atoms with Crippen molar-refractivity contribution in [1.29, 1.82) is 0 Å². The van der Waals surface area contributed by atoms with E-state index in [0.29, 0.717) is 6.54 Å². The zero-order valence-corrected chi connectivity index (χ0v) is 10.7. The van der Waals surface area contributed by atoms with Crippen LogP contribution in [0.2, 0.25) is 0 Å². The summed E-state index contributed by atoms with van der Waals surface area (Å²) in [6, 6.07) is 8.01. The first-order valence-corrected chi connectivity index (χ1v) is 5.89. The lowest BCUT2D eigenvalue weighted by Gasteiger charge is -2.06. The smallest absolute Gasteiger partial charge is 0.119 e. The lowest BCUT2D eigenvalue weighted by atomic mass is 10.2. The van der Waals surface area contributed by atoms with Crippen LogP contribution in [0.15, 0.2) is 36.7 Å². The maximum absolute atomic E-state index is 5.18. The van der Waals surface area contributed by atoms with Gasteiger partial charge in [0.2, 0.25) is 0 Å². The number of nitrogens with one attached hydrogen (secondary N) is 1. The van der Waals surface area contributed by atoms with Gasteiger partial charge in [-0.15, -0.1) is 0 Å². The maximum Gasteiger partial charge on any atom is 0.119 e. The molecule has 18 heavy (non-hydrogen) atoms. The van der Waals surface area contributed by atoms with E-state index in [4.69, 9.17) is 4.74 Å². The monoisotopic (exact) mass is 243 g/mol. The Morgan fingerprint density at radius 1 is 1.17 bits per heavy atom. The second-order valence-corrected chi connectivity index (χ2v) is 4.10. The second kappa shape index (κ2) is 6.12. The summed E-state index contributed by atoms with van der Waals surface area (Å²) in [7, 11) is 1.68. The lowest BCUT2D eigenvalue weighted by molar-refractivity contribution is 0.414. The number of nitrogens with zero attached hydrogens (tertiary/aromatic N) is 2. The Hall–Kier alpha value is -1.94. The highest BCUT2D eigenvalue weighted by Crippen LogP contribution is 2.12. The summed E-state index contributed by atoms with van der Waals surface area (Å²) in [6.45, 7) is 3.43. The Morgan fingerprint density at radius 2 is 2.06 bits per heavy atom. The van der Waals surface area contributed by atoms with Crippen molar-refractivity contribution in [3.8, 4) is 5.75 Å². The number of ether oxygens (including phenoxy) is 1. The molecule has 0 amide bonds. The number of hydrogen-bond acceptors (Lipinski definition) is 4. The fourth-order valence-corrected chi connectivity index (χ4v) is 1.63. The van der Waals surface area contributed by atoms with Crippen molar-refractivity contribution in [3.63, 3.8) is 0 Å². The van der Waals surface area contributed by atoms with Gasteiger partial charge in [0.05, 0.1) is 18.5 Å². The van der Waals surface area contributed by atoms with Gasteiger partial charge in [-0.2, -0.15) is 0 Å². The van der Waals surface area contributed by atoms with Crippen molar-refractivity contribution in [2.75, 3.05) is 7.11 Å². The molecule has 0 fully saturated rings. The van der Waals surface area contributed by atoms with Crippen LogP contribution >= 0.6 is 0 Å². The molecule has 0 spiro atoms. The topological polar surface area (TPSA) is 47.0 Å². The second-order valence-electron chi connectivity index (χ2n) is 4.10. The number of rotatable bonds is 5. The predicted molar refractivity (Wildman–Crippen MR) is 70.3 cm³/mol. The summed E-state index contributed by atoms with van der Waals surface area (Å²) in [4.78, 5) is 8.50. The maximum atomic E-state index is 5.18.